The SMILES string of the molecule is O=C1CCC(N2Cc3c(CN4CCC(C(=O)O)CC4)cccc3C2=O)C(=O)N1. The van der Waals surface area contributed by atoms with Gasteiger partial charge in [0, 0.05) is 25.1 Å². The molecule has 2 N–H and O–H groups in total. The standard InChI is InChI=1S/C20H23N3O5/c24-17-5-4-16(18(25)21-17)23-11-15-13(2-1-3-14(15)19(23)26)10-22-8-6-12(7-9-22)20(27)28/h1-3,12,16H,4-11H2,(H,27,28)(H,21,24,25). The van der Waals surface area contributed by atoms with Crippen molar-refractivity contribution in [2.24, 2.45) is 5.92 Å². The van der Waals surface area contributed by atoms with Crippen LogP contribution in [0.1, 0.15) is 47.2 Å². The largest absolute Gasteiger partial charge is 0.481 e. The number of carboxylic acid groups (broad SMARTS) is 1. The van der Waals surface area contributed by atoms with Gasteiger partial charge < -0.3 is 10.0 Å². The Morgan fingerprint density at radius 3 is 2.57 bits per heavy atom. The first-order valence-electron chi connectivity index (χ1n) is 9.64. The smallest absolute Gasteiger partial charge is 0.306 e. The number of carbonyl (C=O) groups excluding carboxylic acids is 3. The van der Waals surface area contributed by atoms with Crippen LogP contribution in [-0.2, 0) is 27.5 Å². The predicted molar refractivity (Wildman–Crippen MR) is 98.1 cm³/mol. The molecule has 0 bridgehead atoms. The molecule has 0 spiro atoms. The summed E-state index contributed by atoms with van der Waals surface area (Å²) < 4.78 is 0. The van der Waals surface area contributed by atoms with Crippen LogP contribution in [0.4, 0.5) is 0 Å². The lowest BCUT2D eigenvalue weighted by atomic mass is 9.96. The minimum atomic E-state index is -0.731. The van der Waals surface area contributed by atoms with Gasteiger partial charge in [0.05, 0.1) is 5.92 Å². The van der Waals surface area contributed by atoms with Gasteiger partial charge in [0.2, 0.25) is 11.8 Å². The van der Waals surface area contributed by atoms with Crippen LogP contribution in [0.3, 0.4) is 0 Å². The van der Waals surface area contributed by atoms with Crippen molar-refractivity contribution in [2.75, 3.05) is 13.1 Å². The Morgan fingerprint density at radius 1 is 1.14 bits per heavy atom. The maximum Gasteiger partial charge on any atom is 0.306 e. The van der Waals surface area contributed by atoms with Gasteiger partial charge in [-0.15, -0.1) is 0 Å². The van der Waals surface area contributed by atoms with Gasteiger partial charge in [-0.3, -0.25) is 29.4 Å². The average Bonchev–Trinajstić information content (AvgIpc) is 3.00. The molecular weight excluding hydrogens is 362 g/mol. The molecule has 0 aliphatic carbocycles. The Labute approximate surface area is 162 Å². The minimum absolute atomic E-state index is 0.170. The van der Waals surface area contributed by atoms with Gasteiger partial charge in [0.1, 0.15) is 6.04 Å². The first-order chi connectivity index (χ1) is 13.4. The molecule has 2 fully saturated rings. The number of piperidine rings is 2. The van der Waals surface area contributed by atoms with Crippen LogP contribution < -0.4 is 5.32 Å². The van der Waals surface area contributed by atoms with Crippen LogP contribution in [0, 0.1) is 5.92 Å². The van der Waals surface area contributed by atoms with E-state index in [1.54, 1.807) is 11.0 Å². The molecule has 8 heteroatoms. The second-order valence-electron chi connectivity index (χ2n) is 7.73. The molecule has 148 valence electrons. The molecule has 1 atom stereocenters. The maximum atomic E-state index is 12.9. The molecule has 8 nitrogen and oxygen atoms in total. The summed E-state index contributed by atoms with van der Waals surface area (Å²) in [6.45, 7) is 2.45. The van der Waals surface area contributed by atoms with Crippen molar-refractivity contribution in [3.63, 3.8) is 0 Å². The Kier molecular flexibility index (Phi) is 4.89. The van der Waals surface area contributed by atoms with Gasteiger partial charge in [-0.2, -0.15) is 0 Å². The molecule has 3 aliphatic rings. The molecule has 1 unspecified atom stereocenters. The third-order valence-electron chi connectivity index (χ3n) is 6.01. The number of carboxylic acids is 1. The number of amides is 3. The van der Waals surface area contributed by atoms with E-state index >= 15 is 0 Å². The summed E-state index contributed by atoms with van der Waals surface area (Å²) in [7, 11) is 0. The number of rotatable bonds is 4. The lowest BCUT2D eigenvalue weighted by molar-refractivity contribution is -0.143. The molecule has 0 saturated carbocycles. The Bertz CT molecular complexity index is 844. The van der Waals surface area contributed by atoms with Crippen LogP contribution in [0.5, 0.6) is 0 Å². The highest BCUT2D eigenvalue weighted by Gasteiger charge is 2.39. The molecule has 0 aromatic heterocycles. The van der Waals surface area contributed by atoms with Crippen molar-refractivity contribution in [3.05, 3.63) is 34.9 Å². The normalized spacial score (nSPS) is 23.6. The lowest BCUT2D eigenvalue weighted by Gasteiger charge is -2.31. The molecule has 3 heterocycles. The third kappa shape index (κ3) is 3.40. The number of nitrogens with one attached hydrogen (secondary N) is 1. The molecule has 2 saturated heterocycles. The van der Waals surface area contributed by atoms with Crippen LogP contribution in [-0.4, -0.2) is 57.7 Å². The van der Waals surface area contributed by atoms with Gasteiger partial charge >= 0.3 is 5.97 Å². The zero-order valence-corrected chi connectivity index (χ0v) is 15.5. The Balaban J connectivity index is 1.48. The fraction of sp³-hybridized carbons (Fsp3) is 0.500. The van der Waals surface area contributed by atoms with Crippen molar-refractivity contribution in [1.82, 2.24) is 15.1 Å². The highest BCUT2D eigenvalue weighted by Crippen LogP contribution is 2.31. The van der Waals surface area contributed by atoms with Gasteiger partial charge in [-0.05, 0) is 49.5 Å². The second kappa shape index (κ2) is 7.35. The topological polar surface area (TPSA) is 107 Å². The van der Waals surface area contributed by atoms with Crippen molar-refractivity contribution in [1.29, 1.82) is 0 Å². The number of carbonyl (C=O) groups is 4. The molecule has 3 amide bonds. The number of benzene rings is 1. The summed E-state index contributed by atoms with van der Waals surface area (Å²) in [5, 5.41) is 11.5. The quantitative estimate of drug-likeness (QED) is 0.741. The summed E-state index contributed by atoms with van der Waals surface area (Å²) in [6, 6.07) is 5.01. The van der Waals surface area contributed by atoms with Crippen molar-refractivity contribution >= 4 is 23.7 Å². The van der Waals surface area contributed by atoms with Crippen molar-refractivity contribution < 1.29 is 24.3 Å². The molecule has 4 rings (SSSR count). The number of nitrogens with zero attached hydrogens (tertiary/aromatic N) is 2. The minimum Gasteiger partial charge on any atom is -0.481 e. The number of hydrogen-bond donors (Lipinski definition) is 2. The van der Waals surface area contributed by atoms with Gasteiger partial charge in [-0.1, -0.05) is 12.1 Å². The molecular formula is C20H23N3O5. The third-order valence-corrected chi connectivity index (χ3v) is 6.01. The average molecular weight is 385 g/mol. The predicted octanol–water partition coefficient (Wildman–Crippen LogP) is 0.744. The fourth-order valence-electron chi connectivity index (χ4n) is 4.38. The van der Waals surface area contributed by atoms with Crippen molar-refractivity contribution in [2.45, 2.75) is 44.8 Å². The van der Waals surface area contributed by atoms with E-state index in [-0.39, 0.29) is 24.2 Å². The number of likely N-dealkylation sites (tertiary alicyclic amines) is 1. The number of aliphatic carboxylic acids is 1. The van der Waals surface area contributed by atoms with E-state index in [2.05, 4.69) is 10.2 Å². The van der Waals surface area contributed by atoms with E-state index in [0.29, 0.717) is 51.0 Å². The monoisotopic (exact) mass is 385 g/mol. The molecule has 3 aliphatic heterocycles. The van der Waals surface area contributed by atoms with E-state index in [0.717, 1.165) is 11.1 Å². The van der Waals surface area contributed by atoms with Crippen LogP contribution in [0.25, 0.3) is 0 Å². The van der Waals surface area contributed by atoms with E-state index in [4.69, 9.17) is 5.11 Å². The Morgan fingerprint density at radius 2 is 1.89 bits per heavy atom. The second-order valence-corrected chi connectivity index (χ2v) is 7.73. The van der Waals surface area contributed by atoms with Crippen LogP contribution >= 0.6 is 0 Å². The van der Waals surface area contributed by atoms with Gasteiger partial charge in [0.25, 0.3) is 5.91 Å². The number of fused-ring (bicyclic) bond motifs is 1. The first kappa shape index (κ1) is 18.6. The van der Waals surface area contributed by atoms with E-state index in [1.165, 1.54) is 0 Å². The van der Waals surface area contributed by atoms with E-state index in [1.807, 2.05) is 12.1 Å². The zero-order valence-electron chi connectivity index (χ0n) is 15.5. The van der Waals surface area contributed by atoms with Crippen LogP contribution in [0.2, 0.25) is 0 Å². The Hall–Kier alpha value is -2.74. The lowest BCUT2D eigenvalue weighted by Crippen LogP contribution is -2.52. The summed E-state index contributed by atoms with van der Waals surface area (Å²) in [6.07, 6.45) is 1.85. The van der Waals surface area contributed by atoms with Gasteiger partial charge in [0.15, 0.2) is 0 Å². The van der Waals surface area contributed by atoms with Gasteiger partial charge in [-0.25, -0.2) is 0 Å². The highest BCUT2D eigenvalue weighted by molar-refractivity contribution is 6.05. The summed E-state index contributed by atoms with van der Waals surface area (Å²) >= 11 is 0. The summed E-state index contributed by atoms with van der Waals surface area (Å²) in [5.41, 5.74) is 2.58. The molecule has 28 heavy (non-hydrogen) atoms. The molecule has 0 radical (unpaired) electrons. The fourth-order valence-corrected chi connectivity index (χ4v) is 4.38. The first-order valence-corrected chi connectivity index (χ1v) is 9.64. The van der Waals surface area contributed by atoms with E-state index < -0.39 is 17.9 Å². The highest BCUT2D eigenvalue weighted by atomic mass is 16.4. The molecule has 1 aromatic rings. The molecule has 1 aromatic carbocycles. The number of imide groups is 1. The van der Waals surface area contributed by atoms with Crippen LogP contribution in [0.15, 0.2) is 18.2 Å². The van der Waals surface area contributed by atoms with E-state index in [9.17, 15) is 19.2 Å². The summed E-state index contributed by atoms with van der Waals surface area (Å²) in [4.78, 5) is 51.4. The number of hydrogen-bond acceptors (Lipinski definition) is 5. The van der Waals surface area contributed by atoms with Crippen molar-refractivity contribution in [3.8, 4) is 0 Å². The maximum absolute atomic E-state index is 12.9. The zero-order chi connectivity index (χ0) is 19.8. The summed E-state index contributed by atoms with van der Waals surface area (Å²) in [5.74, 6) is -1.88.